The normalized spacial score (nSPS) is 11.7. The van der Waals surface area contributed by atoms with E-state index in [0.717, 1.165) is 6.07 Å². The van der Waals surface area contributed by atoms with Crippen molar-refractivity contribution in [1.29, 1.82) is 5.26 Å². The summed E-state index contributed by atoms with van der Waals surface area (Å²) in [6.45, 7) is 0.207. The topological polar surface area (TPSA) is 88.1 Å². The maximum absolute atomic E-state index is 13.3. The first-order valence-corrected chi connectivity index (χ1v) is 5.33. The van der Waals surface area contributed by atoms with Gasteiger partial charge in [-0.1, -0.05) is 6.07 Å². The number of anilines is 1. The largest absolute Gasteiger partial charge is 0.380 e. The molecule has 6 heteroatoms. The molecule has 0 aliphatic heterocycles. The SMILES string of the molecule is COC(CN)CC(=O)Nc1cccc(F)c1C#N. The number of carbonyl (C=O) groups is 1. The third-order valence-electron chi connectivity index (χ3n) is 2.41. The van der Waals surface area contributed by atoms with Crippen LogP contribution in [-0.2, 0) is 9.53 Å². The maximum atomic E-state index is 13.3. The summed E-state index contributed by atoms with van der Waals surface area (Å²) in [6, 6.07) is 5.74. The van der Waals surface area contributed by atoms with Crippen LogP contribution in [0.25, 0.3) is 0 Å². The van der Waals surface area contributed by atoms with Gasteiger partial charge in [0.1, 0.15) is 17.4 Å². The summed E-state index contributed by atoms with van der Waals surface area (Å²) in [4.78, 5) is 11.6. The Morgan fingerprint density at radius 2 is 2.39 bits per heavy atom. The molecule has 1 unspecified atom stereocenters. The van der Waals surface area contributed by atoms with Gasteiger partial charge in [0.05, 0.1) is 18.2 Å². The van der Waals surface area contributed by atoms with Crippen molar-refractivity contribution in [3.05, 3.63) is 29.6 Å². The fraction of sp³-hybridized carbons (Fsp3) is 0.333. The molecule has 96 valence electrons. The van der Waals surface area contributed by atoms with Crippen LogP contribution in [0.15, 0.2) is 18.2 Å². The van der Waals surface area contributed by atoms with E-state index in [1.165, 1.54) is 19.2 Å². The van der Waals surface area contributed by atoms with Gasteiger partial charge in [-0.25, -0.2) is 4.39 Å². The van der Waals surface area contributed by atoms with Crippen molar-refractivity contribution < 1.29 is 13.9 Å². The molecule has 1 rings (SSSR count). The number of ether oxygens (including phenoxy) is 1. The summed E-state index contributed by atoms with van der Waals surface area (Å²) in [7, 11) is 1.45. The van der Waals surface area contributed by atoms with Crippen molar-refractivity contribution in [3.63, 3.8) is 0 Å². The molecule has 0 aliphatic rings. The molecule has 0 spiro atoms. The number of methoxy groups -OCH3 is 1. The highest BCUT2D eigenvalue weighted by Crippen LogP contribution is 2.18. The minimum atomic E-state index is -0.669. The third-order valence-corrected chi connectivity index (χ3v) is 2.41. The fourth-order valence-electron chi connectivity index (χ4n) is 1.41. The molecule has 0 bridgehead atoms. The summed E-state index contributed by atoms with van der Waals surface area (Å²) >= 11 is 0. The second-order valence-corrected chi connectivity index (χ2v) is 3.62. The van der Waals surface area contributed by atoms with Crippen LogP contribution in [-0.4, -0.2) is 25.7 Å². The Bertz CT molecular complexity index is 467. The number of amides is 1. The molecular weight excluding hydrogens is 237 g/mol. The number of benzene rings is 1. The number of hydrogen-bond donors (Lipinski definition) is 2. The van der Waals surface area contributed by atoms with E-state index >= 15 is 0 Å². The Hall–Kier alpha value is -1.97. The van der Waals surface area contributed by atoms with Crippen LogP contribution in [0.2, 0.25) is 0 Å². The maximum Gasteiger partial charge on any atom is 0.227 e. The first kappa shape index (κ1) is 14.1. The molecule has 1 aromatic carbocycles. The minimum Gasteiger partial charge on any atom is -0.380 e. The lowest BCUT2D eigenvalue weighted by molar-refractivity contribution is -0.118. The van der Waals surface area contributed by atoms with Crippen molar-refractivity contribution in [1.82, 2.24) is 0 Å². The van der Waals surface area contributed by atoms with Gasteiger partial charge < -0.3 is 15.8 Å². The van der Waals surface area contributed by atoms with Crippen molar-refractivity contribution in [2.45, 2.75) is 12.5 Å². The molecule has 1 amide bonds. The average Bonchev–Trinajstić information content (AvgIpc) is 2.36. The van der Waals surface area contributed by atoms with Crippen LogP contribution < -0.4 is 11.1 Å². The Labute approximate surface area is 104 Å². The number of rotatable bonds is 5. The summed E-state index contributed by atoms with van der Waals surface area (Å²) in [5.74, 6) is -1.05. The highest BCUT2D eigenvalue weighted by molar-refractivity contribution is 5.92. The Kier molecular flexibility index (Phi) is 5.24. The van der Waals surface area contributed by atoms with E-state index in [-0.39, 0.29) is 30.1 Å². The lowest BCUT2D eigenvalue weighted by Crippen LogP contribution is -2.28. The van der Waals surface area contributed by atoms with Gasteiger partial charge in [-0.2, -0.15) is 5.26 Å². The van der Waals surface area contributed by atoms with E-state index in [1.54, 1.807) is 6.07 Å². The van der Waals surface area contributed by atoms with Gasteiger partial charge >= 0.3 is 0 Å². The van der Waals surface area contributed by atoms with Crippen LogP contribution in [0.3, 0.4) is 0 Å². The number of hydrogen-bond acceptors (Lipinski definition) is 4. The molecule has 0 saturated carbocycles. The Morgan fingerprint density at radius 1 is 1.67 bits per heavy atom. The molecular formula is C12H14FN3O2. The molecule has 1 atom stereocenters. The average molecular weight is 251 g/mol. The van der Waals surface area contributed by atoms with E-state index in [2.05, 4.69) is 5.32 Å². The van der Waals surface area contributed by atoms with E-state index in [1.807, 2.05) is 0 Å². The Balaban J connectivity index is 2.77. The molecule has 0 aromatic heterocycles. The van der Waals surface area contributed by atoms with E-state index in [4.69, 9.17) is 15.7 Å². The van der Waals surface area contributed by atoms with E-state index in [9.17, 15) is 9.18 Å². The standard InChI is InChI=1S/C12H14FN3O2/c1-18-8(6-14)5-12(17)16-11-4-2-3-10(13)9(11)7-15/h2-4,8H,5-6,14H2,1H3,(H,16,17). The molecule has 0 heterocycles. The van der Waals surface area contributed by atoms with Crippen molar-refractivity contribution >= 4 is 11.6 Å². The number of halogens is 1. The molecule has 18 heavy (non-hydrogen) atoms. The van der Waals surface area contributed by atoms with Crippen LogP contribution >= 0.6 is 0 Å². The van der Waals surface area contributed by atoms with Gasteiger partial charge in [0.2, 0.25) is 5.91 Å². The lowest BCUT2D eigenvalue weighted by Gasteiger charge is -2.13. The zero-order valence-corrected chi connectivity index (χ0v) is 9.94. The molecule has 0 aliphatic carbocycles. The van der Waals surface area contributed by atoms with Crippen LogP contribution in [0.4, 0.5) is 10.1 Å². The summed E-state index contributed by atoms with van der Waals surface area (Å²) < 4.78 is 18.2. The zero-order chi connectivity index (χ0) is 13.5. The van der Waals surface area contributed by atoms with Gasteiger partial charge in [-0.3, -0.25) is 4.79 Å². The minimum absolute atomic E-state index is 0.0500. The first-order valence-electron chi connectivity index (χ1n) is 5.33. The number of carbonyl (C=O) groups excluding carboxylic acids is 1. The molecule has 3 N–H and O–H groups in total. The highest BCUT2D eigenvalue weighted by atomic mass is 19.1. The van der Waals surface area contributed by atoms with Crippen molar-refractivity contribution in [2.24, 2.45) is 5.73 Å². The number of nitrogens with one attached hydrogen (secondary N) is 1. The van der Waals surface area contributed by atoms with Gasteiger partial charge in [0.15, 0.2) is 0 Å². The molecule has 5 nitrogen and oxygen atoms in total. The smallest absolute Gasteiger partial charge is 0.227 e. The van der Waals surface area contributed by atoms with E-state index < -0.39 is 11.9 Å². The van der Waals surface area contributed by atoms with Crippen molar-refractivity contribution in [2.75, 3.05) is 19.0 Å². The van der Waals surface area contributed by atoms with Gasteiger partial charge in [-0.15, -0.1) is 0 Å². The number of nitriles is 1. The number of nitrogens with two attached hydrogens (primary N) is 1. The predicted molar refractivity (Wildman–Crippen MR) is 64.2 cm³/mol. The molecule has 0 radical (unpaired) electrons. The second-order valence-electron chi connectivity index (χ2n) is 3.62. The quantitative estimate of drug-likeness (QED) is 0.817. The zero-order valence-electron chi connectivity index (χ0n) is 9.94. The van der Waals surface area contributed by atoms with Gasteiger partial charge in [0, 0.05) is 13.7 Å². The summed E-state index contributed by atoms with van der Waals surface area (Å²) in [6.07, 6.45) is -0.349. The second kappa shape index (κ2) is 6.69. The lowest BCUT2D eigenvalue weighted by atomic mass is 10.1. The number of nitrogens with zero attached hydrogens (tertiary/aromatic N) is 1. The summed E-state index contributed by atoms with van der Waals surface area (Å²) in [5, 5.41) is 11.3. The van der Waals surface area contributed by atoms with Crippen LogP contribution in [0.1, 0.15) is 12.0 Å². The molecule has 1 aromatic rings. The van der Waals surface area contributed by atoms with Gasteiger partial charge in [-0.05, 0) is 12.1 Å². The first-order chi connectivity index (χ1) is 8.62. The predicted octanol–water partition coefficient (Wildman–Crippen LogP) is 1.000. The highest BCUT2D eigenvalue weighted by Gasteiger charge is 2.14. The molecule has 0 fully saturated rings. The fourth-order valence-corrected chi connectivity index (χ4v) is 1.41. The van der Waals surface area contributed by atoms with Gasteiger partial charge in [0.25, 0.3) is 0 Å². The van der Waals surface area contributed by atoms with Crippen LogP contribution in [0.5, 0.6) is 0 Å². The third kappa shape index (κ3) is 3.52. The van der Waals surface area contributed by atoms with Crippen molar-refractivity contribution in [3.8, 4) is 6.07 Å². The Morgan fingerprint density at radius 3 is 2.94 bits per heavy atom. The summed E-state index contributed by atoms with van der Waals surface area (Å²) in [5.41, 5.74) is 5.35. The molecule has 0 saturated heterocycles. The monoisotopic (exact) mass is 251 g/mol. The van der Waals surface area contributed by atoms with Crippen LogP contribution in [0, 0.1) is 17.1 Å². The van der Waals surface area contributed by atoms with E-state index in [0.29, 0.717) is 0 Å².